The Labute approximate surface area is 144 Å². The first kappa shape index (κ1) is 15.3. The molecule has 4 aromatic heterocycles. The van der Waals surface area contributed by atoms with E-state index in [1.807, 2.05) is 0 Å². The minimum absolute atomic E-state index is 0.279. The zero-order valence-electron chi connectivity index (χ0n) is 12.7. The van der Waals surface area contributed by atoms with Crippen molar-refractivity contribution in [2.45, 2.75) is 6.54 Å². The van der Waals surface area contributed by atoms with E-state index in [-0.39, 0.29) is 5.82 Å². The van der Waals surface area contributed by atoms with Gasteiger partial charge in [-0.2, -0.15) is 0 Å². The van der Waals surface area contributed by atoms with Gasteiger partial charge < -0.3 is 9.52 Å². The van der Waals surface area contributed by atoms with Gasteiger partial charge in [0.05, 0.1) is 11.6 Å². The number of hydrogen-bond acceptors (Lipinski definition) is 6. The fraction of sp³-hybridized carbons (Fsp3) is 0.0588. The van der Waals surface area contributed by atoms with Crippen molar-refractivity contribution in [3.63, 3.8) is 0 Å². The molecule has 0 aliphatic heterocycles. The number of nitrogens with zero attached hydrogens (tertiary/aromatic N) is 3. The zero-order valence-corrected chi connectivity index (χ0v) is 13.6. The minimum atomic E-state index is -1.12. The molecule has 7 nitrogen and oxygen atoms in total. The Bertz CT molecular complexity index is 1110. The monoisotopic (exact) mass is 353 g/mol. The van der Waals surface area contributed by atoms with Crippen molar-refractivity contribution >= 4 is 27.5 Å². The SMILES string of the molecule is O=C(O)Cn1c(-c2cccnc2)nc2scc(-c3ccco3)c2c1=O. The number of hydrogen-bond donors (Lipinski definition) is 1. The van der Waals surface area contributed by atoms with Crippen molar-refractivity contribution in [2.24, 2.45) is 0 Å². The van der Waals surface area contributed by atoms with Crippen LogP contribution in [0.4, 0.5) is 0 Å². The summed E-state index contributed by atoms with van der Waals surface area (Å²) in [6.45, 7) is -0.487. The molecule has 4 heterocycles. The number of carboxylic acid groups (broad SMARTS) is 1. The van der Waals surface area contributed by atoms with Gasteiger partial charge in [-0.1, -0.05) is 0 Å². The summed E-state index contributed by atoms with van der Waals surface area (Å²) in [5.74, 6) is -0.301. The molecule has 0 spiro atoms. The zero-order chi connectivity index (χ0) is 17.4. The van der Waals surface area contributed by atoms with Crippen LogP contribution in [0.3, 0.4) is 0 Å². The second-order valence-electron chi connectivity index (χ2n) is 5.27. The number of fused-ring (bicyclic) bond motifs is 1. The van der Waals surface area contributed by atoms with E-state index in [2.05, 4.69) is 9.97 Å². The maximum absolute atomic E-state index is 13.0. The lowest BCUT2D eigenvalue weighted by Gasteiger charge is -2.10. The Kier molecular flexibility index (Phi) is 3.66. The van der Waals surface area contributed by atoms with Crippen LogP contribution in [-0.4, -0.2) is 25.6 Å². The van der Waals surface area contributed by atoms with E-state index < -0.39 is 18.1 Å². The average Bonchev–Trinajstić information content (AvgIpc) is 3.26. The predicted octanol–water partition coefficient (Wildman–Crippen LogP) is 2.86. The van der Waals surface area contributed by atoms with Crippen molar-refractivity contribution in [1.29, 1.82) is 0 Å². The Balaban J connectivity index is 2.04. The number of carboxylic acids is 1. The Morgan fingerprint density at radius 1 is 1.32 bits per heavy atom. The molecule has 0 radical (unpaired) electrons. The number of carbonyl (C=O) groups is 1. The normalized spacial score (nSPS) is 11.0. The molecule has 0 atom stereocenters. The summed E-state index contributed by atoms with van der Waals surface area (Å²) in [6.07, 6.45) is 4.67. The second-order valence-corrected chi connectivity index (χ2v) is 6.13. The highest BCUT2D eigenvalue weighted by Crippen LogP contribution is 2.32. The first-order valence-corrected chi connectivity index (χ1v) is 8.21. The third-order valence-corrected chi connectivity index (χ3v) is 4.57. The molecule has 0 saturated carbocycles. The molecular weight excluding hydrogens is 342 g/mol. The molecule has 4 aromatic rings. The summed E-state index contributed by atoms with van der Waals surface area (Å²) in [7, 11) is 0. The van der Waals surface area contributed by atoms with Gasteiger partial charge in [-0.05, 0) is 24.3 Å². The van der Waals surface area contributed by atoms with Gasteiger partial charge in [-0.25, -0.2) is 4.98 Å². The van der Waals surface area contributed by atoms with Crippen LogP contribution in [-0.2, 0) is 11.3 Å². The van der Waals surface area contributed by atoms with Crippen molar-refractivity contribution in [3.8, 4) is 22.7 Å². The number of thiophene rings is 1. The first-order valence-electron chi connectivity index (χ1n) is 7.33. The van der Waals surface area contributed by atoms with Gasteiger partial charge in [0.2, 0.25) is 0 Å². The van der Waals surface area contributed by atoms with Gasteiger partial charge in [0.1, 0.15) is 23.0 Å². The van der Waals surface area contributed by atoms with Crippen LogP contribution < -0.4 is 5.56 Å². The molecule has 0 aliphatic rings. The van der Waals surface area contributed by atoms with Crippen molar-refractivity contribution in [2.75, 3.05) is 0 Å². The lowest BCUT2D eigenvalue weighted by molar-refractivity contribution is -0.137. The van der Waals surface area contributed by atoms with Crippen LogP contribution in [0.15, 0.2) is 57.5 Å². The molecule has 1 N–H and O–H groups in total. The highest BCUT2D eigenvalue weighted by atomic mass is 32.1. The molecule has 0 bridgehead atoms. The number of pyridine rings is 1. The van der Waals surface area contributed by atoms with E-state index in [0.29, 0.717) is 27.1 Å². The highest BCUT2D eigenvalue weighted by Gasteiger charge is 2.20. The predicted molar refractivity (Wildman–Crippen MR) is 92.4 cm³/mol. The number of rotatable bonds is 4. The number of aliphatic carboxylic acids is 1. The van der Waals surface area contributed by atoms with Crippen molar-refractivity contribution < 1.29 is 14.3 Å². The lowest BCUT2D eigenvalue weighted by Crippen LogP contribution is -2.26. The van der Waals surface area contributed by atoms with E-state index >= 15 is 0 Å². The topological polar surface area (TPSA) is 98.2 Å². The number of aromatic nitrogens is 3. The fourth-order valence-electron chi connectivity index (χ4n) is 2.63. The Hall–Kier alpha value is -3.26. The van der Waals surface area contributed by atoms with Gasteiger partial charge in [-0.15, -0.1) is 11.3 Å². The van der Waals surface area contributed by atoms with E-state index in [9.17, 15) is 14.7 Å². The molecule has 25 heavy (non-hydrogen) atoms. The molecule has 0 unspecified atom stereocenters. The quantitative estimate of drug-likeness (QED) is 0.606. The van der Waals surface area contributed by atoms with Gasteiger partial charge in [0, 0.05) is 28.9 Å². The summed E-state index contributed by atoms with van der Waals surface area (Å²) >= 11 is 1.31. The van der Waals surface area contributed by atoms with Crippen molar-refractivity contribution in [3.05, 3.63) is 58.7 Å². The van der Waals surface area contributed by atoms with Crippen LogP contribution in [0.5, 0.6) is 0 Å². The molecule has 0 aliphatic carbocycles. The molecule has 0 saturated heterocycles. The van der Waals surface area contributed by atoms with Crippen LogP contribution >= 0.6 is 11.3 Å². The summed E-state index contributed by atoms with van der Waals surface area (Å²) in [5, 5.41) is 11.4. The lowest BCUT2D eigenvalue weighted by atomic mass is 10.2. The molecule has 0 amide bonds. The van der Waals surface area contributed by atoms with Crippen LogP contribution in [0.25, 0.3) is 32.9 Å². The maximum atomic E-state index is 13.0. The van der Waals surface area contributed by atoms with Gasteiger partial charge in [-0.3, -0.25) is 19.1 Å². The maximum Gasteiger partial charge on any atom is 0.323 e. The van der Waals surface area contributed by atoms with Gasteiger partial charge in [0.15, 0.2) is 0 Å². The largest absolute Gasteiger partial charge is 0.480 e. The average molecular weight is 353 g/mol. The van der Waals surface area contributed by atoms with Gasteiger partial charge in [0.25, 0.3) is 5.56 Å². The third-order valence-electron chi connectivity index (χ3n) is 3.69. The summed E-state index contributed by atoms with van der Waals surface area (Å²) in [4.78, 5) is 33.4. The third kappa shape index (κ3) is 2.62. The molecule has 124 valence electrons. The molecular formula is C17H11N3O4S. The van der Waals surface area contributed by atoms with E-state index in [1.165, 1.54) is 17.6 Å². The standard InChI is InChI=1S/C17H11N3O4S/c21-13(22)8-20-15(10-3-1-5-18-7-10)19-16-14(17(20)23)11(9-25-16)12-4-2-6-24-12/h1-7,9H,8H2,(H,21,22). The van der Waals surface area contributed by atoms with Crippen LogP contribution in [0.1, 0.15) is 0 Å². The highest BCUT2D eigenvalue weighted by molar-refractivity contribution is 7.17. The molecule has 8 heteroatoms. The fourth-order valence-corrected chi connectivity index (χ4v) is 3.55. The minimum Gasteiger partial charge on any atom is -0.480 e. The van der Waals surface area contributed by atoms with Crippen LogP contribution in [0.2, 0.25) is 0 Å². The van der Waals surface area contributed by atoms with Crippen LogP contribution in [0, 0.1) is 0 Å². The smallest absolute Gasteiger partial charge is 0.323 e. The van der Waals surface area contributed by atoms with Gasteiger partial charge >= 0.3 is 5.97 Å². The van der Waals surface area contributed by atoms with Crippen molar-refractivity contribution in [1.82, 2.24) is 14.5 Å². The van der Waals surface area contributed by atoms with E-state index in [0.717, 1.165) is 4.57 Å². The summed E-state index contributed by atoms with van der Waals surface area (Å²) < 4.78 is 6.53. The van der Waals surface area contributed by atoms with E-state index in [4.69, 9.17) is 4.42 Å². The molecule has 4 rings (SSSR count). The number of furan rings is 1. The second kappa shape index (κ2) is 5.99. The van der Waals surface area contributed by atoms with E-state index in [1.54, 1.807) is 42.0 Å². The molecule has 0 aromatic carbocycles. The summed E-state index contributed by atoms with van der Waals surface area (Å²) in [6, 6.07) is 6.92. The Morgan fingerprint density at radius 2 is 2.20 bits per heavy atom. The summed E-state index contributed by atoms with van der Waals surface area (Å²) in [5.41, 5.74) is 0.772. The first-order chi connectivity index (χ1) is 12.1. The molecule has 0 fully saturated rings. The Morgan fingerprint density at radius 3 is 2.88 bits per heavy atom.